The average Bonchev–Trinajstić information content (AvgIpc) is 3.27. The minimum Gasteiger partial charge on any atom is -0.468 e. The number of likely N-dealkylation sites (N-methyl/N-ethyl adjacent to an activating group) is 1. The van der Waals surface area contributed by atoms with E-state index < -0.39 is 0 Å². The largest absolute Gasteiger partial charge is 0.468 e. The van der Waals surface area contributed by atoms with Crippen LogP contribution < -0.4 is 4.74 Å². The van der Waals surface area contributed by atoms with E-state index in [0.29, 0.717) is 12.1 Å². The highest BCUT2D eigenvalue weighted by Gasteiger charge is 2.25. The first-order valence-corrected chi connectivity index (χ1v) is 8.62. The summed E-state index contributed by atoms with van der Waals surface area (Å²) in [6.07, 6.45) is 7.97. The Morgan fingerprint density at radius 2 is 2.17 bits per heavy atom. The van der Waals surface area contributed by atoms with Crippen LogP contribution in [-0.2, 0) is 13.1 Å². The number of hydrogen-bond acceptors (Lipinski definition) is 6. The second-order valence-corrected chi connectivity index (χ2v) is 6.25. The zero-order valence-corrected chi connectivity index (χ0v) is 14.5. The van der Waals surface area contributed by atoms with Gasteiger partial charge >= 0.3 is 6.01 Å². The molecule has 1 aliphatic heterocycles. The zero-order valence-electron chi connectivity index (χ0n) is 14.5. The molecule has 130 valence electrons. The lowest BCUT2D eigenvalue weighted by Gasteiger charge is -2.29. The molecule has 24 heavy (non-hydrogen) atoms. The van der Waals surface area contributed by atoms with Crippen molar-refractivity contribution >= 4 is 0 Å². The Balaban J connectivity index is 1.68. The first-order chi connectivity index (χ1) is 11.8. The molecule has 1 saturated heterocycles. The molecule has 0 spiro atoms. The van der Waals surface area contributed by atoms with Crippen molar-refractivity contribution in [2.75, 3.05) is 26.7 Å². The van der Waals surface area contributed by atoms with Gasteiger partial charge in [-0.2, -0.15) is 0 Å². The van der Waals surface area contributed by atoms with Crippen LogP contribution in [0.3, 0.4) is 0 Å². The maximum absolute atomic E-state index is 5.55. The molecule has 0 amide bonds. The maximum Gasteiger partial charge on any atom is 0.316 e. The highest BCUT2D eigenvalue weighted by atomic mass is 16.5. The van der Waals surface area contributed by atoms with Gasteiger partial charge in [-0.1, -0.05) is 6.92 Å². The fraction of sp³-hybridized carbons (Fsp3) is 0.556. The van der Waals surface area contributed by atoms with E-state index in [-0.39, 0.29) is 0 Å². The van der Waals surface area contributed by atoms with Crippen LogP contribution in [0.1, 0.15) is 31.1 Å². The molecule has 6 nitrogen and oxygen atoms in total. The second-order valence-electron chi connectivity index (χ2n) is 6.25. The van der Waals surface area contributed by atoms with Gasteiger partial charge in [-0.05, 0) is 38.1 Å². The molecule has 2 aromatic rings. The van der Waals surface area contributed by atoms with Gasteiger partial charge in [0.05, 0.1) is 19.9 Å². The molecule has 0 bridgehead atoms. The van der Waals surface area contributed by atoms with Crippen molar-refractivity contribution in [1.82, 2.24) is 19.8 Å². The van der Waals surface area contributed by atoms with Gasteiger partial charge in [-0.3, -0.25) is 9.80 Å². The van der Waals surface area contributed by atoms with Crippen molar-refractivity contribution in [3.05, 3.63) is 42.1 Å². The molecule has 3 rings (SSSR count). The summed E-state index contributed by atoms with van der Waals surface area (Å²) in [5, 5.41) is 0. The monoisotopic (exact) mass is 330 g/mol. The summed E-state index contributed by atoms with van der Waals surface area (Å²) in [4.78, 5) is 13.4. The molecule has 1 unspecified atom stereocenters. The molecule has 1 fully saturated rings. The molecule has 0 aromatic carbocycles. The lowest BCUT2D eigenvalue weighted by molar-refractivity contribution is 0.157. The number of likely N-dealkylation sites (tertiary alicyclic amines) is 1. The second kappa shape index (κ2) is 8.26. The Bertz CT molecular complexity index is 600. The number of furan rings is 1. The van der Waals surface area contributed by atoms with Crippen LogP contribution in [0.4, 0.5) is 0 Å². The Kier molecular flexibility index (Phi) is 5.82. The van der Waals surface area contributed by atoms with Crippen LogP contribution in [0, 0.1) is 0 Å². The van der Waals surface area contributed by atoms with Crippen LogP contribution in [0.5, 0.6) is 6.01 Å². The SMILES string of the molecule is CCN1CCCC1CN(Cc1cnc(OC)nc1)Cc1ccco1. The van der Waals surface area contributed by atoms with E-state index >= 15 is 0 Å². The predicted molar refractivity (Wildman–Crippen MR) is 91.7 cm³/mol. The minimum absolute atomic E-state index is 0.407. The molecule has 0 saturated carbocycles. The fourth-order valence-electron chi connectivity index (χ4n) is 3.41. The smallest absolute Gasteiger partial charge is 0.316 e. The van der Waals surface area contributed by atoms with Crippen LogP contribution in [0.25, 0.3) is 0 Å². The van der Waals surface area contributed by atoms with Crippen molar-refractivity contribution in [2.24, 2.45) is 0 Å². The van der Waals surface area contributed by atoms with Gasteiger partial charge in [-0.25, -0.2) is 9.97 Å². The molecule has 2 aromatic heterocycles. The van der Waals surface area contributed by atoms with Gasteiger partial charge in [0.25, 0.3) is 0 Å². The Labute approximate surface area is 143 Å². The van der Waals surface area contributed by atoms with E-state index in [9.17, 15) is 0 Å². The molecule has 0 radical (unpaired) electrons. The third-order valence-electron chi connectivity index (χ3n) is 4.60. The third-order valence-corrected chi connectivity index (χ3v) is 4.60. The van der Waals surface area contributed by atoms with Gasteiger partial charge < -0.3 is 9.15 Å². The third kappa shape index (κ3) is 4.33. The van der Waals surface area contributed by atoms with Crippen molar-refractivity contribution in [2.45, 2.75) is 38.9 Å². The summed E-state index contributed by atoms with van der Waals surface area (Å²) >= 11 is 0. The van der Waals surface area contributed by atoms with Crippen molar-refractivity contribution < 1.29 is 9.15 Å². The number of aromatic nitrogens is 2. The zero-order chi connectivity index (χ0) is 16.8. The summed E-state index contributed by atoms with van der Waals surface area (Å²) in [7, 11) is 1.58. The van der Waals surface area contributed by atoms with E-state index in [1.165, 1.54) is 19.4 Å². The molecule has 0 aliphatic carbocycles. The number of methoxy groups -OCH3 is 1. The Hall–Kier alpha value is -1.92. The van der Waals surface area contributed by atoms with E-state index in [1.807, 2.05) is 24.5 Å². The van der Waals surface area contributed by atoms with E-state index in [1.54, 1.807) is 13.4 Å². The standard InChI is InChI=1S/C18H26N4O2/c1-3-22-8-4-6-16(22)13-21(14-17-7-5-9-24-17)12-15-10-19-18(23-2)20-11-15/h5,7,9-11,16H,3-4,6,8,12-14H2,1-2H3. The molecule has 3 heterocycles. The average molecular weight is 330 g/mol. The highest BCUT2D eigenvalue weighted by molar-refractivity contribution is 5.08. The summed E-state index contributed by atoms with van der Waals surface area (Å²) in [5.41, 5.74) is 1.09. The number of hydrogen-bond donors (Lipinski definition) is 0. The molecule has 6 heteroatoms. The molecule has 1 aliphatic rings. The van der Waals surface area contributed by atoms with Gasteiger partial charge in [-0.15, -0.1) is 0 Å². The lowest BCUT2D eigenvalue weighted by Crippen LogP contribution is -2.39. The number of rotatable bonds is 8. The molecular formula is C18H26N4O2. The van der Waals surface area contributed by atoms with Gasteiger partial charge in [0.15, 0.2) is 0 Å². The van der Waals surface area contributed by atoms with Crippen molar-refractivity contribution in [3.63, 3.8) is 0 Å². The number of ether oxygens (including phenoxy) is 1. The normalized spacial score (nSPS) is 18.4. The number of nitrogens with zero attached hydrogens (tertiary/aromatic N) is 4. The summed E-state index contributed by atoms with van der Waals surface area (Å²) in [5.74, 6) is 0.991. The van der Waals surface area contributed by atoms with E-state index in [0.717, 1.165) is 37.5 Å². The summed E-state index contributed by atoms with van der Waals surface area (Å²) in [6, 6.07) is 5.00. The quantitative estimate of drug-likeness (QED) is 0.741. The maximum atomic E-state index is 5.55. The van der Waals surface area contributed by atoms with Crippen molar-refractivity contribution in [3.8, 4) is 6.01 Å². The van der Waals surface area contributed by atoms with Gasteiger partial charge in [0, 0.05) is 37.1 Å². The first-order valence-electron chi connectivity index (χ1n) is 8.62. The predicted octanol–water partition coefficient (Wildman–Crippen LogP) is 2.56. The van der Waals surface area contributed by atoms with Crippen molar-refractivity contribution in [1.29, 1.82) is 0 Å². The molecular weight excluding hydrogens is 304 g/mol. The van der Waals surface area contributed by atoms with Crippen LogP contribution >= 0.6 is 0 Å². The van der Waals surface area contributed by atoms with Crippen LogP contribution in [-0.4, -0.2) is 52.6 Å². The minimum atomic E-state index is 0.407. The molecule has 0 N–H and O–H groups in total. The van der Waals surface area contributed by atoms with Crippen LogP contribution in [0.15, 0.2) is 35.2 Å². The van der Waals surface area contributed by atoms with Crippen LogP contribution in [0.2, 0.25) is 0 Å². The molecule has 1 atom stereocenters. The first kappa shape index (κ1) is 16.9. The topological polar surface area (TPSA) is 54.6 Å². The van der Waals surface area contributed by atoms with Gasteiger partial charge in [0.1, 0.15) is 5.76 Å². The van der Waals surface area contributed by atoms with Gasteiger partial charge in [0.2, 0.25) is 0 Å². The highest BCUT2D eigenvalue weighted by Crippen LogP contribution is 2.20. The fourth-order valence-corrected chi connectivity index (χ4v) is 3.41. The van der Waals surface area contributed by atoms with E-state index in [4.69, 9.17) is 9.15 Å². The Morgan fingerprint density at radius 3 is 2.83 bits per heavy atom. The lowest BCUT2D eigenvalue weighted by atomic mass is 10.2. The summed E-state index contributed by atoms with van der Waals surface area (Å²) in [6.45, 7) is 7.20. The summed E-state index contributed by atoms with van der Waals surface area (Å²) < 4.78 is 10.6. The van der Waals surface area contributed by atoms with E-state index in [2.05, 4.69) is 26.7 Å². The Morgan fingerprint density at radius 1 is 1.33 bits per heavy atom.